The van der Waals surface area contributed by atoms with Crippen LogP contribution in [0.1, 0.15) is 49.3 Å². The van der Waals surface area contributed by atoms with E-state index in [1.165, 1.54) is 18.4 Å². The summed E-state index contributed by atoms with van der Waals surface area (Å²) >= 11 is 0. The number of benzene rings is 1. The highest BCUT2D eigenvalue weighted by molar-refractivity contribution is 5.93. The van der Waals surface area contributed by atoms with Gasteiger partial charge in [0.25, 0.3) is 11.8 Å². The Morgan fingerprint density at radius 2 is 1.72 bits per heavy atom. The molecule has 0 bridgehead atoms. The van der Waals surface area contributed by atoms with Crippen molar-refractivity contribution in [3.8, 4) is 0 Å². The molecular weight excluding hydrogens is 314 g/mol. The Labute approximate surface area is 151 Å². The predicted octanol–water partition coefficient (Wildman–Crippen LogP) is 1.51. The van der Waals surface area contributed by atoms with Crippen LogP contribution in [0.25, 0.3) is 0 Å². The van der Waals surface area contributed by atoms with Gasteiger partial charge in [-0.25, -0.2) is 0 Å². The van der Waals surface area contributed by atoms with Gasteiger partial charge in [-0.3, -0.25) is 9.59 Å². The monoisotopic (exact) mass is 346 g/mol. The quantitative estimate of drug-likeness (QED) is 0.731. The summed E-state index contributed by atoms with van der Waals surface area (Å²) < 4.78 is 0. The van der Waals surface area contributed by atoms with Crippen molar-refractivity contribution in [2.24, 2.45) is 0 Å². The minimum absolute atomic E-state index is 0.0416. The molecule has 0 aromatic heterocycles. The molecule has 1 aromatic rings. The molecule has 5 nitrogen and oxygen atoms in total. The topological polar surface area (TPSA) is 62.6 Å². The lowest BCUT2D eigenvalue weighted by Crippen LogP contribution is -3.15. The Hall–Kier alpha value is -1.88. The van der Waals surface area contributed by atoms with Gasteiger partial charge in [0.15, 0.2) is 12.6 Å². The smallest absolute Gasteiger partial charge is 0.279 e. The Morgan fingerprint density at radius 3 is 2.28 bits per heavy atom. The molecule has 2 atom stereocenters. The minimum Gasteiger partial charge on any atom is -0.348 e. The van der Waals surface area contributed by atoms with Gasteiger partial charge in [-0.2, -0.15) is 0 Å². The summed E-state index contributed by atoms with van der Waals surface area (Å²) in [5, 5.41) is 6.13. The fourth-order valence-electron chi connectivity index (χ4n) is 3.59. The number of rotatable bonds is 6. The molecular formula is C20H32N3O2+. The van der Waals surface area contributed by atoms with E-state index in [-0.39, 0.29) is 24.4 Å². The number of quaternary nitrogens is 1. The molecule has 2 amide bonds. The standard InChI is InChI=1S/C20H31N3O2/c1-13-10-14(2)19(15(3)11-13)22-18(24)12-23(5)16(4)20(25)21-17-8-6-7-9-17/h10-11,16-17H,6-9,12H2,1-5H3,(H,21,25)(H,22,24)/p+1/t16-/m0/s1. The number of amides is 2. The first-order valence-corrected chi connectivity index (χ1v) is 9.28. The van der Waals surface area contributed by atoms with Gasteiger partial charge in [-0.1, -0.05) is 30.5 Å². The van der Waals surface area contributed by atoms with Crippen LogP contribution in [0.4, 0.5) is 5.69 Å². The highest BCUT2D eigenvalue weighted by Gasteiger charge is 2.27. The first-order valence-electron chi connectivity index (χ1n) is 9.28. The van der Waals surface area contributed by atoms with Gasteiger partial charge >= 0.3 is 0 Å². The van der Waals surface area contributed by atoms with Crippen LogP contribution in [-0.2, 0) is 9.59 Å². The Morgan fingerprint density at radius 1 is 1.16 bits per heavy atom. The minimum atomic E-state index is -0.244. The molecule has 0 aliphatic heterocycles. The van der Waals surface area contributed by atoms with Crippen LogP contribution in [0.3, 0.4) is 0 Å². The third-order valence-electron chi connectivity index (χ3n) is 5.21. The van der Waals surface area contributed by atoms with E-state index in [0.29, 0.717) is 6.04 Å². The lowest BCUT2D eigenvalue weighted by atomic mass is 10.1. The van der Waals surface area contributed by atoms with E-state index in [4.69, 9.17) is 0 Å². The van der Waals surface area contributed by atoms with Crippen molar-refractivity contribution in [1.82, 2.24) is 5.32 Å². The normalized spacial score (nSPS) is 17.2. The molecule has 5 heteroatoms. The van der Waals surface area contributed by atoms with E-state index in [2.05, 4.69) is 22.8 Å². The lowest BCUT2D eigenvalue weighted by Gasteiger charge is -2.23. The number of hydrogen-bond acceptors (Lipinski definition) is 2. The molecule has 1 aliphatic rings. The zero-order chi connectivity index (χ0) is 18.6. The summed E-state index contributed by atoms with van der Waals surface area (Å²) in [5.74, 6) is -0.0204. The van der Waals surface area contributed by atoms with Crippen molar-refractivity contribution >= 4 is 17.5 Å². The van der Waals surface area contributed by atoms with Crippen molar-refractivity contribution in [3.63, 3.8) is 0 Å². The van der Waals surface area contributed by atoms with Crippen LogP contribution in [0, 0.1) is 20.8 Å². The molecule has 0 spiro atoms. The van der Waals surface area contributed by atoms with Gasteiger partial charge in [0.1, 0.15) is 0 Å². The number of anilines is 1. The number of carbonyl (C=O) groups is 2. The molecule has 1 fully saturated rings. The van der Waals surface area contributed by atoms with Gasteiger partial charge in [-0.05, 0) is 51.7 Å². The fourth-order valence-corrected chi connectivity index (χ4v) is 3.59. The van der Waals surface area contributed by atoms with E-state index >= 15 is 0 Å². The number of aryl methyl sites for hydroxylation is 3. The third-order valence-corrected chi connectivity index (χ3v) is 5.21. The van der Waals surface area contributed by atoms with E-state index in [9.17, 15) is 9.59 Å². The second-order valence-corrected chi connectivity index (χ2v) is 7.56. The zero-order valence-corrected chi connectivity index (χ0v) is 16.2. The summed E-state index contributed by atoms with van der Waals surface area (Å²) in [6.45, 7) is 8.21. The second kappa shape index (κ2) is 8.48. The summed E-state index contributed by atoms with van der Waals surface area (Å²) in [5.41, 5.74) is 4.20. The molecule has 0 heterocycles. The number of carbonyl (C=O) groups excluding carboxylic acids is 2. The highest BCUT2D eigenvalue weighted by Crippen LogP contribution is 2.21. The van der Waals surface area contributed by atoms with Crippen LogP contribution in [0.5, 0.6) is 0 Å². The van der Waals surface area contributed by atoms with Crippen LogP contribution in [0.15, 0.2) is 12.1 Å². The van der Waals surface area contributed by atoms with Crippen molar-refractivity contribution in [2.45, 2.75) is 65.5 Å². The number of hydrogen-bond donors (Lipinski definition) is 3. The summed E-state index contributed by atoms with van der Waals surface area (Å²) in [6.07, 6.45) is 4.54. The molecule has 1 unspecified atom stereocenters. The van der Waals surface area contributed by atoms with Crippen molar-refractivity contribution in [1.29, 1.82) is 0 Å². The largest absolute Gasteiger partial charge is 0.348 e. The highest BCUT2D eigenvalue weighted by atomic mass is 16.2. The van der Waals surface area contributed by atoms with Crippen molar-refractivity contribution < 1.29 is 14.5 Å². The SMILES string of the molecule is Cc1cc(C)c(NC(=O)C[NH+](C)[C@@H](C)C(=O)NC2CCCC2)c(C)c1. The van der Waals surface area contributed by atoms with Crippen LogP contribution >= 0.6 is 0 Å². The van der Waals surface area contributed by atoms with E-state index < -0.39 is 0 Å². The molecule has 1 aliphatic carbocycles. The first-order chi connectivity index (χ1) is 11.8. The van der Waals surface area contributed by atoms with Gasteiger partial charge in [-0.15, -0.1) is 0 Å². The Balaban J connectivity index is 1.89. The Kier molecular flexibility index (Phi) is 6.59. The number of nitrogens with one attached hydrogen (secondary N) is 3. The van der Waals surface area contributed by atoms with Crippen molar-refractivity contribution in [3.05, 3.63) is 28.8 Å². The van der Waals surface area contributed by atoms with E-state index in [1.807, 2.05) is 34.7 Å². The zero-order valence-electron chi connectivity index (χ0n) is 16.2. The van der Waals surface area contributed by atoms with Gasteiger partial charge in [0.2, 0.25) is 0 Å². The third kappa shape index (κ3) is 5.30. The maximum Gasteiger partial charge on any atom is 0.279 e. The Bertz CT molecular complexity index is 613. The summed E-state index contributed by atoms with van der Waals surface area (Å²) in [7, 11) is 1.90. The van der Waals surface area contributed by atoms with Gasteiger partial charge in [0, 0.05) is 11.7 Å². The molecule has 0 radical (unpaired) electrons. The van der Waals surface area contributed by atoms with Crippen molar-refractivity contribution in [2.75, 3.05) is 18.9 Å². The van der Waals surface area contributed by atoms with E-state index in [0.717, 1.165) is 34.6 Å². The van der Waals surface area contributed by atoms with Gasteiger partial charge < -0.3 is 15.5 Å². The van der Waals surface area contributed by atoms with Gasteiger partial charge in [0.05, 0.1) is 7.05 Å². The van der Waals surface area contributed by atoms with Crippen LogP contribution < -0.4 is 15.5 Å². The maximum absolute atomic E-state index is 12.4. The predicted molar refractivity (Wildman–Crippen MR) is 101 cm³/mol. The average Bonchev–Trinajstić information content (AvgIpc) is 3.02. The second-order valence-electron chi connectivity index (χ2n) is 7.56. The molecule has 2 rings (SSSR count). The lowest BCUT2D eigenvalue weighted by molar-refractivity contribution is -0.885. The molecule has 0 saturated heterocycles. The maximum atomic E-state index is 12.4. The summed E-state index contributed by atoms with van der Waals surface area (Å²) in [6, 6.07) is 4.20. The summed E-state index contributed by atoms with van der Waals surface area (Å²) in [4.78, 5) is 25.7. The molecule has 25 heavy (non-hydrogen) atoms. The average molecular weight is 346 g/mol. The van der Waals surface area contributed by atoms with E-state index in [1.54, 1.807) is 0 Å². The molecule has 138 valence electrons. The molecule has 3 N–H and O–H groups in total. The van der Waals surface area contributed by atoms with Crippen LogP contribution in [-0.4, -0.2) is 37.5 Å². The first kappa shape index (κ1) is 19.4. The number of likely N-dealkylation sites (N-methyl/N-ethyl adjacent to an activating group) is 1. The molecule has 1 saturated carbocycles. The van der Waals surface area contributed by atoms with Crippen LogP contribution in [0.2, 0.25) is 0 Å². The fraction of sp³-hybridized carbons (Fsp3) is 0.600. The molecule has 1 aromatic carbocycles.